The van der Waals surface area contributed by atoms with Gasteiger partial charge in [-0.15, -0.1) is 0 Å². The summed E-state index contributed by atoms with van der Waals surface area (Å²) < 4.78 is 1.58. The first-order valence-electron chi connectivity index (χ1n) is 5.17. The van der Waals surface area contributed by atoms with E-state index in [1.54, 1.807) is 11.0 Å². The maximum atomic E-state index is 8.93. The number of aromatic nitrogens is 3. The lowest BCUT2D eigenvalue weighted by atomic mass is 10.1. The van der Waals surface area contributed by atoms with Gasteiger partial charge in [-0.25, -0.2) is 9.67 Å². The summed E-state index contributed by atoms with van der Waals surface area (Å²) in [6.07, 6.45) is 3.02. The predicted molar refractivity (Wildman–Crippen MR) is 62.2 cm³/mol. The molecule has 0 N–H and O–H groups in total. The van der Waals surface area contributed by atoms with Gasteiger partial charge in [0.25, 0.3) is 0 Å². The topological polar surface area (TPSA) is 54.5 Å². The first-order chi connectivity index (χ1) is 7.81. The third-order valence-corrected chi connectivity index (χ3v) is 1.94. The van der Waals surface area contributed by atoms with Gasteiger partial charge in [0.15, 0.2) is 0 Å². The molecule has 1 heterocycles. The molecule has 82 valence electrons. The molecule has 0 bridgehead atoms. The minimum absolute atomic E-state index is 0.607. The highest BCUT2D eigenvalue weighted by Crippen LogP contribution is 2.13. The standard InChI is InChI=1S/C10H8N4.C2H6/c1-8-2-3-10(9(4-8)5-11)14-7-12-6-13-14;1-2/h2-4,6-7H,1H3;1-2H3. The van der Waals surface area contributed by atoms with Crippen LogP contribution in [-0.2, 0) is 0 Å². The Morgan fingerprint density at radius 1 is 1.31 bits per heavy atom. The van der Waals surface area contributed by atoms with Crippen LogP contribution in [0.5, 0.6) is 0 Å². The van der Waals surface area contributed by atoms with E-state index in [4.69, 9.17) is 5.26 Å². The summed E-state index contributed by atoms with van der Waals surface area (Å²) in [6, 6.07) is 7.77. The molecule has 0 radical (unpaired) electrons. The first-order valence-corrected chi connectivity index (χ1v) is 5.17. The van der Waals surface area contributed by atoms with Crippen LogP contribution in [0.25, 0.3) is 5.69 Å². The van der Waals surface area contributed by atoms with Gasteiger partial charge in [-0.1, -0.05) is 19.9 Å². The van der Waals surface area contributed by atoms with E-state index in [1.807, 2.05) is 39.0 Å². The molecule has 1 aromatic heterocycles. The molecule has 0 saturated carbocycles. The number of nitriles is 1. The van der Waals surface area contributed by atoms with Crippen LogP contribution in [0.2, 0.25) is 0 Å². The quantitative estimate of drug-likeness (QED) is 0.732. The monoisotopic (exact) mass is 214 g/mol. The van der Waals surface area contributed by atoms with Crippen LogP contribution >= 0.6 is 0 Å². The lowest BCUT2D eigenvalue weighted by Crippen LogP contribution is -1.97. The number of rotatable bonds is 1. The molecule has 1 aromatic carbocycles. The van der Waals surface area contributed by atoms with Crippen LogP contribution < -0.4 is 0 Å². The Morgan fingerprint density at radius 2 is 2.06 bits per heavy atom. The molecule has 0 amide bonds. The molecule has 2 rings (SSSR count). The molecule has 0 fully saturated rings. The fourth-order valence-corrected chi connectivity index (χ4v) is 1.27. The molecule has 0 saturated heterocycles. The van der Waals surface area contributed by atoms with E-state index in [0.717, 1.165) is 11.3 Å². The van der Waals surface area contributed by atoms with E-state index in [2.05, 4.69) is 16.2 Å². The molecule has 16 heavy (non-hydrogen) atoms. The van der Waals surface area contributed by atoms with E-state index in [0.29, 0.717) is 5.56 Å². The maximum absolute atomic E-state index is 8.93. The Labute approximate surface area is 95.2 Å². The van der Waals surface area contributed by atoms with Gasteiger partial charge >= 0.3 is 0 Å². The van der Waals surface area contributed by atoms with Crippen LogP contribution in [0.15, 0.2) is 30.9 Å². The maximum Gasteiger partial charge on any atom is 0.138 e. The van der Waals surface area contributed by atoms with E-state index in [1.165, 1.54) is 6.33 Å². The number of aryl methyl sites for hydroxylation is 1. The Morgan fingerprint density at radius 3 is 2.62 bits per heavy atom. The number of hydrogen-bond donors (Lipinski definition) is 0. The molecule has 0 aliphatic carbocycles. The van der Waals surface area contributed by atoms with E-state index in [9.17, 15) is 0 Å². The Bertz CT molecular complexity index is 480. The van der Waals surface area contributed by atoms with Crippen molar-refractivity contribution >= 4 is 0 Å². The summed E-state index contributed by atoms with van der Waals surface area (Å²) in [4.78, 5) is 3.84. The SMILES string of the molecule is CC.Cc1ccc(-n2cncn2)c(C#N)c1. The van der Waals surface area contributed by atoms with Gasteiger partial charge in [-0.05, 0) is 24.6 Å². The van der Waals surface area contributed by atoms with Crippen LogP contribution in [0, 0.1) is 18.3 Å². The molecule has 0 unspecified atom stereocenters. The summed E-state index contributed by atoms with van der Waals surface area (Å²) in [5, 5.41) is 12.9. The van der Waals surface area contributed by atoms with Gasteiger partial charge in [0.2, 0.25) is 0 Å². The highest BCUT2D eigenvalue weighted by Gasteiger charge is 2.04. The molecular weight excluding hydrogens is 200 g/mol. The van der Waals surface area contributed by atoms with Crippen LogP contribution in [0.3, 0.4) is 0 Å². The zero-order valence-electron chi connectivity index (χ0n) is 9.68. The lowest BCUT2D eigenvalue weighted by Gasteiger charge is -2.03. The van der Waals surface area contributed by atoms with Crippen molar-refractivity contribution in [1.29, 1.82) is 5.26 Å². The summed E-state index contributed by atoms with van der Waals surface area (Å²) in [5.41, 5.74) is 2.43. The van der Waals surface area contributed by atoms with Crippen molar-refractivity contribution in [2.75, 3.05) is 0 Å². The molecule has 2 aromatic rings. The van der Waals surface area contributed by atoms with Crippen molar-refractivity contribution in [3.63, 3.8) is 0 Å². The Hall–Kier alpha value is -2.15. The van der Waals surface area contributed by atoms with Gasteiger partial charge in [0.1, 0.15) is 18.7 Å². The lowest BCUT2D eigenvalue weighted by molar-refractivity contribution is 0.875. The van der Waals surface area contributed by atoms with Gasteiger partial charge in [0.05, 0.1) is 11.3 Å². The Balaban J connectivity index is 0.000000606. The predicted octanol–water partition coefficient (Wildman–Crippen LogP) is 2.47. The van der Waals surface area contributed by atoms with Crippen molar-refractivity contribution in [2.45, 2.75) is 20.8 Å². The average molecular weight is 214 g/mol. The summed E-state index contributed by atoms with van der Waals surface area (Å²) in [7, 11) is 0. The molecule has 4 heteroatoms. The third kappa shape index (κ3) is 2.45. The molecule has 0 aliphatic rings. The molecule has 0 spiro atoms. The zero-order chi connectivity index (χ0) is 12.0. The number of nitrogens with zero attached hydrogens (tertiary/aromatic N) is 4. The van der Waals surface area contributed by atoms with Crippen molar-refractivity contribution in [2.24, 2.45) is 0 Å². The number of benzene rings is 1. The molecular formula is C12H14N4. The summed E-state index contributed by atoms with van der Waals surface area (Å²) in [6.45, 7) is 5.95. The van der Waals surface area contributed by atoms with Crippen molar-refractivity contribution in [3.05, 3.63) is 42.0 Å². The van der Waals surface area contributed by atoms with Crippen LogP contribution in [0.4, 0.5) is 0 Å². The molecule has 4 nitrogen and oxygen atoms in total. The number of hydrogen-bond acceptors (Lipinski definition) is 3. The van der Waals surface area contributed by atoms with Crippen molar-refractivity contribution in [3.8, 4) is 11.8 Å². The summed E-state index contributed by atoms with van der Waals surface area (Å²) >= 11 is 0. The van der Waals surface area contributed by atoms with E-state index < -0.39 is 0 Å². The largest absolute Gasteiger partial charge is 0.223 e. The minimum Gasteiger partial charge on any atom is -0.223 e. The fraction of sp³-hybridized carbons (Fsp3) is 0.250. The van der Waals surface area contributed by atoms with Crippen LogP contribution in [0.1, 0.15) is 25.0 Å². The highest BCUT2D eigenvalue weighted by atomic mass is 15.3. The van der Waals surface area contributed by atoms with Crippen LogP contribution in [-0.4, -0.2) is 14.8 Å². The first kappa shape index (κ1) is 11.9. The van der Waals surface area contributed by atoms with Gasteiger partial charge in [-0.2, -0.15) is 10.4 Å². The summed E-state index contributed by atoms with van der Waals surface area (Å²) in [5.74, 6) is 0. The average Bonchev–Trinajstić information content (AvgIpc) is 2.85. The van der Waals surface area contributed by atoms with E-state index >= 15 is 0 Å². The van der Waals surface area contributed by atoms with Gasteiger partial charge in [-0.3, -0.25) is 0 Å². The second-order valence-corrected chi connectivity index (χ2v) is 2.97. The fourth-order valence-electron chi connectivity index (χ4n) is 1.27. The molecule has 0 aliphatic heterocycles. The van der Waals surface area contributed by atoms with E-state index in [-0.39, 0.29) is 0 Å². The third-order valence-electron chi connectivity index (χ3n) is 1.94. The zero-order valence-corrected chi connectivity index (χ0v) is 9.68. The highest BCUT2D eigenvalue weighted by molar-refractivity contribution is 5.49. The second-order valence-electron chi connectivity index (χ2n) is 2.97. The normalized spacial score (nSPS) is 8.88. The smallest absolute Gasteiger partial charge is 0.138 e. The molecule has 0 atom stereocenters. The van der Waals surface area contributed by atoms with Gasteiger partial charge < -0.3 is 0 Å². The second kappa shape index (κ2) is 5.66. The Kier molecular flexibility index (Phi) is 4.22. The van der Waals surface area contributed by atoms with Crippen molar-refractivity contribution < 1.29 is 0 Å². The minimum atomic E-state index is 0.607. The van der Waals surface area contributed by atoms with Gasteiger partial charge in [0, 0.05) is 0 Å². The van der Waals surface area contributed by atoms with Crippen molar-refractivity contribution in [1.82, 2.24) is 14.8 Å².